The highest BCUT2D eigenvalue weighted by atomic mass is 16.1. The van der Waals surface area contributed by atoms with E-state index in [9.17, 15) is 4.79 Å². The standard InChI is InChI=1S/C24H19N5O/c30-14-15-5-7-16(8-6-15)24-27-22-17-4-3-11-25-20(17)21-18(23(22)28-24)9-10-19(26-21)29-12-1-2-13-29/h3-11,14H,1-2,12-13H2,(H,27,28). The molecule has 0 atom stereocenters. The van der Waals surface area contributed by atoms with Gasteiger partial charge >= 0.3 is 0 Å². The van der Waals surface area contributed by atoms with Gasteiger partial charge in [0.2, 0.25) is 0 Å². The predicted octanol–water partition coefficient (Wildman–Crippen LogP) is 4.74. The second-order valence-electron chi connectivity index (χ2n) is 7.71. The molecular weight excluding hydrogens is 374 g/mol. The van der Waals surface area contributed by atoms with E-state index >= 15 is 0 Å². The quantitative estimate of drug-likeness (QED) is 0.354. The van der Waals surface area contributed by atoms with Gasteiger partial charge in [0, 0.05) is 41.2 Å². The van der Waals surface area contributed by atoms with Gasteiger partial charge in [-0.05, 0) is 37.1 Å². The Kier molecular flexibility index (Phi) is 3.77. The zero-order valence-corrected chi connectivity index (χ0v) is 16.3. The summed E-state index contributed by atoms with van der Waals surface area (Å²) in [6, 6.07) is 15.6. The number of aromatic amines is 1. The number of H-pyrrole nitrogens is 1. The molecule has 0 amide bonds. The number of aldehydes is 1. The molecule has 30 heavy (non-hydrogen) atoms. The molecule has 1 fully saturated rings. The van der Waals surface area contributed by atoms with E-state index in [2.05, 4.69) is 33.1 Å². The highest BCUT2D eigenvalue weighted by molar-refractivity contribution is 6.21. The normalized spacial score (nSPS) is 14.2. The van der Waals surface area contributed by atoms with Crippen LogP contribution in [0.2, 0.25) is 0 Å². The van der Waals surface area contributed by atoms with Crippen molar-refractivity contribution in [2.45, 2.75) is 12.8 Å². The number of fused-ring (bicyclic) bond motifs is 6. The van der Waals surface area contributed by atoms with Crippen LogP contribution in [-0.4, -0.2) is 39.3 Å². The fourth-order valence-corrected chi connectivity index (χ4v) is 4.36. The molecule has 0 saturated carbocycles. The number of nitrogens with one attached hydrogen (secondary N) is 1. The zero-order valence-electron chi connectivity index (χ0n) is 16.3. The summed E-state index contributed by atoms with van der Waals surface area (Å²) in [7, 11) is 0. The number of rotatable bonds is 3. The van der Waals surface area contributed by atoms with Gasteiger partial charge in [-0.25, -0.2) is 9.97 Å². The van der Waals surface area contributed by atoms with Gasteiger partial charge in [-0.1, -0.05) is 24.3 Å². The third-order valence-corrected chi connectivity index (χ3v) is 5.89. The van der Waals surface area contributed by atoms with Crippen LogP contribution >= 0.6 is 0 Å². The molecule has 0 unspecified atom stereocenters. The molecule has 1 aliphatic heterocycles. The molecule has 6 rings (SSSR count). The van der Waals surface area contributed by atoms with E-state index in [1.165, 1.54) is 12.8 Å². The largest absolute Gasteiger partial charge is 0.357 e. The highest BCUT2D eigenvalue weighted by Gasteiger charge is 2.18. The fraction of sp³-hybridized carbons (Fsp3) is 0.167. The Morgan fingerprint density at radius 3 is 2.50 bits per heavy atom. The number of pyridine rings is 2. The molecule has 3 aromatic heterocycles. The molecule has 5 aromatic rings. The summed E-state index contributed by atoms with van der Waals surface area (Å²) in [5, 5.41) is 2.00. The van der Waals surface area contributed by atoms with E-state index in [0.717, 1.165) is 69.4 Å². The molecule has 0 spiro atoms. The van der Waals surface area contributed by atoms with E-state index < -0.39 is 0 Å². The molecule has 0 radical (unpaired) electrons. The molecule has 0 aliphatic carbocycles. The van der Waals surface area contributed by atoms with Gasteiger partial charge in [-0.15, -0.1) is 0 Å². The third-order valence-electron chi connectivity index (χ3n) is 5.89. The van der Waals surface area contributed by atoms with Gasteiger partial charge in [0.25, 0.3) is 0 Å². The van der Waals surface area contributed by atoms with Crippen LogP contribution in [0, 0.1) is 0 Å². The van der Waals surface area contributed by atoms with Gasteiger partial charge in [-0.3, -0.25) is 9.78 Å². The minimum Gasteiger partial charge on any atom is -0.357 e. The lowest BCUT2D eigenvalue weighted by atomic mass is 10.1. The Morgan fingerprint density at radius 1 is 0.867 bits per heavy atom. The monoisotopic (exact) mass is 393 g/mol. The molecule has 0 bridgehead atoms. The van der Waals surface area contributed by atoms with Crippen molar-refractivity contribution in [1.29, 1.82) is 0 Å². The van der Waals surface area contributed by atoms with Crippen molar-refractivity contribution in [3.63, 3.8) is 0 Å². The number of benzene rings is 2. The summed E-state index contributed by atoms with van der Waals surface area (Å²) in [6.45, 7) is 2.11. The van der Waals surface area contributed by atoms with E-state index in [-0.39, 0.29) is 0 Å². The molecule has 1 N–H and O–H groups in total. The maximum atomic E-state index is 11.0. The number of anilines is 1. The SMILES string of the molecule is O=Cc1ccc(-c2nc3c4cccnc4c4nc(N5CCCC5)ccc4c3[nH]2)cc1. The summed E-state index contributed by atoms with van der Waals surface area (Å²) in [6.07, 6.45) is 5.08. The van der Waals surface area contributed by atoms with Crippen LogP contribution in [0.25, 0.3) is 44.2 Å². The molecule has 2 aromatic carbocycles. The van der Waals surface area contributed by atoms with Gasteiger partial charge < -0.3 is 9.88 Å². The molecule has 146 valence electrons. The molecular formula is C24H19N5O. The Bertz CT molecular complexity index is 1420. The summed E-state index contributed by atoms with van der Waals surface area (Å²) in [5.74, 6) is 1.78. The average molecular weight is 393 g/mol. The maximum Gasteiger partial charge on any atom is 0.150 e. The maximum absolute atomic E-state index is 11.0. The summed E-state index contributed by atoms with van der Waals surface area (Å²) >= 11 is 0. The highest BCUT2D eigenvalue weighted by Crippen LogP contribution is 2.35. The number of hydrogen-bond acceptors (Lipinski definition) is 5. The summed E-state index contributed by atoms with van der Waals surface area (Å²) < 4.78 is 0. The van der Waals surface area contributed by atoms with Gasteiger partial charge in [0.05, 0.1) is 16.6 Å². The number of aromatic nitrogens is 4. The number of hydrogen-bond donors (Lipinski definition) is 1. The van der Waals surface area contributed by atoms with E-state index in [1.54, 1.807) is 12.1 Å². The first kappa shape index (κ1) is 17.1. The van der Waals surface area contributed by atoms with Crippen LogP contribution in [0.3, 0.4) is 0 Å². The van der Waals surface area contributed by atoms with Crippen molar-refractivity contribution in [1.82, 2.24) is 19.9 Å². The number of imidazole rings is 1. The van der Waals surface area contributed by atoms with Crippen molar-refractivity contribution in [2.75, 3.05) is 18.0 Å². The number of carbonyl (C=O) groups excluding carboxylic acids is 1. The summed E-state index contributed by atoms with van der Waals surface area (Å²) in [5.41, 5.74) is 5.19. The third kappa shape index (κ3) is 2.57. The summed E-state index contributed by atoms with van der Waals surface area (Å²) in [4.78, 5) is 31.4. The Labute approximate surface area is 172 Å². The lowest BCUT2D eigenvalue weighted by molar-refractivity contribution is 0.112. The lowest BCUT2D eigenvalue weighted by Gasteiger charge is -2.17. The first-order chi connectivity index (χ1) is 14.8. The van der Waals surface area contributed by atoms with Crippen molar-refractivity contribution in [3.8, 4) is 11.4 Å². The second-order valence-corrected chi connectivity index (χ2v) is 7.71. The molecule has 6 heteroatoms. The van der Waals surface area contributed by atoms with Crippen LogP contribution in [0.1, 0.15) is 23.2 Å². The lowest BCUT2D eigenvalue weighted by Crippen LogP contribution is -2.18. The molecule has 1 aliphatic rings. The van der Waals surface area contributed by atoms with Gasteiger partial charge in [0.1, 0.15) is 23.4 Å². The Hall–Kier alpha value is -3.80. The minimum absolute atomic E-state index is 0.647. The van der Waals surface area contributed by atoms with E-state index in [0.29, 0.717) is 5.56 Å². The zero-order chi connectivity index (χ0) is 20.1. The first-order valence-corrected chi connectivity index (χ1v) is 10.2. The first-order valence-electron chi connectivity index (χ1n) is 10.2. The van der Waals surface area contributed by atoms with Crippen molar-refractivity contribution >= 4 is 44.9 Å². The van der Waals surface area contributed by atoms with Crippen molar-refractivity contribution in [2.24, 2.45) is 0 Å². The Morgan fingerprint density at radius 2 is 1.70 bits per heavy atom. The molecule has 6 nitrogen and oxygen atoms in total. The smallest absolute Gasteiger partial charge is 0.150 e. The van der Waals surface area contributed by atoms with Crippen LogP contribution in [0.15, 0.2) is 54.7 Å². The topological polar surface area (TPSA) is 74.8 Å². The van der Waals surface area contributed by atoms with E-state index in [4.69, 9.17) is 9.97 Å². The molecule has 4 heterocycles. The van der Waals surface area contributed by atoms with Crippen LogP contribution in [-0.2, 0) is 0 Å². The number of nitrogens with zero attached hydrogens (tertiary/aromatic N) is 4. The second kappa shape index (κ2) is 6.62. The average Bonchev–Trinajstić information content (AvgIpc) is 3.50. The van der Waals surface area contributed by atoms with Crippen LogP contribution in [0.5, 0.6) is 0 Å². The van der Waals surface area contributed by atoms with Crippen molar-refractivity contribution in [3.05, 3.63) is 60.3 Å². The predicted molar refractivity (Wildman–Crippen MR) is 119 cm³/mol. The minimum atomic E-state index is 0.647. The van der Waals surface area contributed by atoms with Crippen LogP contribution in [0.4, 0.5) is 5.82 Å². The fourth-order valence-electron chi connectivity index (χ4n) is 4.36. The van der Waals surface area contributed by atoms with Crippen LogP contribution < -0.4 is 4.90 Å². The van der Waals surface area contributed by atoms with E-state index in [1.807, 2.05) is 24.4 Å². The number of carbonyl (C=O) groups is 1. The van der Waals surface area contributed by atoms with Gasteiger partial charge in [0.15, 0.2) is 0 Å². The molecule has 1 saturated heterocycles. The Balaban J connectivity index is 1.62. The van der Waals surface area contributed by atoms with Gasteiger partial charge in [-0.2, -0.15) is 0 Å². The van der Waals surface area contributed by atoms with Crippen molar-refractivity contribution < 1.29 is 4.79 Å².